The number of aromatic nitrogens is 1. The molecule has 1 aliphatic rings. The van der Waals surface area contributed by atoms with Crippen molar-refractivity contribution in [3.63, 3.8) is 0 Å². The maximum atomic E-state index is 12.4. The Balaban J connectivity index is 1.50. The molecule has 0 spiro atoms. The van der Waals surface area contributed by atoms with Crippen molar-refractivity contribution in [2.24, 2.45) is 0 Å². The van der Waals surface area contributed by atoms with Crippen molar-refractivity contribution >= 4 is 23.2 Å². The number of pyridine rings is 1. The molecule has 2 heterocycles. The lowest BCUT2D eigenvalue weighted by Gasteiger charge is -2.15. The molecule has 0 aliphatic carbocycles. The van der Waals surface area contributed by atoms with Gasteiger partial charge in [-0.1, -0.05) is 18.2 Å². The number of nitrogens with one attached hydrogen (secondary N) is 1. The quantitative estimate of drug-likeness (QED) is 0.749. The number of benzene rings is 2. The molecule has 1 aliphatic heterocycles. The van der Waals surface area contributed by atoms with Gasteiger partial charge in [-0.2, -0.15) is 0 Å². The summed E-state index contributed by atoms with van der Waals surface area (Å²) in [6.45, 7) is 2.26. The van der Waals surface area contributed by atoms with E-state index < -0.39 is 0 Å². The fraction of sp³-hybridized carbons (Fsp3) is 0.136. The van der Waals surface area contributed by atoms with E-state index in [1.807, 2.05) is 48.5 Å². The molecule has 4 rings (SSSR count). The fourth-order valence-corrected chi connectivity index (χ4v) is 3.22. The second-order valence-corrected chi connectivity index (χ2v) is 6.51. The molecule has 1 N–H and O–H groups in total. The smallest absolute Gasteiger partial charge is 0.274 e. The first-order valence-electron chi connectivity index (χ1n) is 9.01. The van der Waals surface area contributed by atoms with E-state index in [2.05, 4.69) is 10.3 Å². The van der Waals surface area contributed by atoms with E-state index in [-0.39, 0.29) is 17.5 Å². The number of carbonyl (C=O) groups excluding carboxylic acids is 2. The number of rotatable bonds is 4. The largest absolute Gasteiger partial charge is 0.457 e. The minimum atomic E-state index is -0.303. The van der Waals surface area contributed by atoms with Crippen LogP contribution in [-0.2, 0) is 11.2 Å². The van der Waals surface area contributed by atoms with E-state index in [1.54, 1.807) is 30.2 Å². The van der Waals surface area contributed by atoms with Gasteiger partial charge in [0.15, 0.2) is 0 Å². The van der Waals surface area contributed by atoms with Crippen LogP contribution in [0.25, 0.3) is 0 Å². The maximum absolute atomic E-state index is 12.4. The van der Waals surface area contributed by atoms with Crippen LogP contribution < -0.4 is 15.0 Å². The molecular formula is C22H19N3O3. The molecule has 2 amide bonds. The average Bonchev–Trinajstić information content (AvgIpc) is 3.12. The minimum absolute atomic E-state index is 0.0376. The summed E-state index contributed by atoms with van der Waals surface area (Å²) in [6.07, 6.45) is 2.34. The number of anilines is 2. The number of ether oxygens (including phenoxy) is 1. The first-order chi connectivity index (χ1) is 13.6. The third-order valence-electron chi connectivity index (χ3n) is 4.56. The van der Waals surface area contributed by atoms with Gasteiger partial charge in [-0.15, -0.1) is 0 Å². The Labute approximate surface area is 162 Å². The van der Waals surface area contributed by atoms with Gasteiger partial charge >= 0.3 is 0 Å². The van der Waals surface area contributed by atoms with E-state index in [0.717, 1.165) is 17.7 Å². The van der Waals surface area contributed by atoms with E-state index >= 15 is 0 Å². The molecule has 140 valence electrons. The molecule has 6 nitrogen and oxygen atoms in total. The van der Waals surface area contributed by atoms with Gasteiger partial charge in [-0.05, 0) is 48.4 Å². The van der Waals surface area contributed by atoms with Gasteiger partial charge in [0.05, 0.1) is 0 Å². The lowest BCUT2D eigenvalue weighted by molar-refractivity contribution is -0.116. The highest BCUT2D eigenvalue weighted by molar-refractivity contribution is 6.03. The lowest BCUT2D eigenvalue weighted by Crippen LogP contribution is -2.25. The Morgan fingerprint density at radius 1 is 1.04 bits per heavy atom. The van der Waals surface area contributed by atoms with E-state index in [4.69, 9.17) is 4.74 Å². The van der Waals surface area contributed by atoms with Crippen molar-refractivity contribution in [2.75, 3.05) is 16.8 Å². The minimum Gasteiger partial charge on any atom is -0.457 e. The Kier molecular flexibility index (Phi) is 4.76. The standard InChI is InChI=1S/C22H19N3O3/c1-15(26)25-12-10-16-13-18(7-8-21(16)25)28-19-9-11-23-20(14-19)22(27)24-17-5-3-2-4-6-17/h2-9,11,13-14H,10,12H2,1H3,(H,24,27). The van der Waals surface area contributed by atoms with Gasteiger partial charge in [0, 0.05) is 37.1 Å². The topological polar surface area (TPSA) is 71.5 Å². The zero-order valence-corrected chi connectivity index (χ0v) is 15.4. The van der Waals surface area contributed by atoms with Crippen LogP contribution in [0.3, 0.4) is 0 Å². The van der Waals surface area contributed by atoms with Crippen LogP contribution >= 0.6 is 0 Å². The molecule has 3 aromatic rings. The maximum Gasteiger partial charge on any atom is 0.274 e. The second-order valence-electron chi connectivity index (χ2n) is 6.51. The summed E-state index contributed by atoms with van der Waals surface area (Å²) < 4.78 is 5.92. The van der Waals surface area contributed by atoms with Gasteiger partial charge in [0.1, 0.15) is 17.2 Å². The van der Waals surface area contributed by atoms with E-state index in [9.17, 15) is 9.59 Å². The summed E-state index contributed by atoms with van der Waals surface area (Å²) in [6, 6.07) is 18.2. The first-order valence-corrected chi connectivity index (χ1v) is 9.01. The number of nitrogens with zero attached hydrogens (tertiary/aromatic N) is 2. The predicted molar refractivity (Wildman–Crippen MR) is 107 cm³/mol. The van der Waals surface area contributed by atoms with Gasteiger partial charge in [-0.3, -0.25) is 14.6 Å². The van der Waals surface area contributed by atoms with Crippen molar-refractivity contribution in [3.05, 3.63) is 78.1 Å². The highest BCUT2D eigenvalue weighted by Gasteiger charge is 2.22. The van der Waals surface area contributed by atoms with Gasteiger partial charge in [0.2, 0.25) is 5.91 Å². The molecule has 6 heteroatoms. The molecule has 0 atom stereocenters. The number of fused-ring (bicyclic) bond motifs is 1. The Morgan fingerprint density at radius 2 is 1.82 bits per heavy atom. The van der Waals surface area contributed by atoms with E-state index in [1.165, 1.54) is 0 Å². The highest BCUT2D eigenvalue weighted by atomic mass is 16.5. The normalized spacial score (nSPS) is 12.4. The molecule has 0 unspecified atom stereocenters. The number of amides is 2. The van der Waals surface area contributed by atoms with Gasteiger partial charge < -0.3 is 15.0 Å². The number of carbonyl (C=O) groups is 2. The third-order valence-corrected chi connectivity index (χ3v) is 4.56. The number of hydrogen-bond donors (Lipinski definition) is 1. The SMILES string of the molecule is CC(=O)N1CCc2cc(Oc3ccnc(C(=O)Nc4ccccc4)c3)ccc21. The molecular weight excluding hydrogens is 354 g/mol. The van der Waals surface area contributed by atoms with Crippen LogP contribution in [-0.4, -0.2) is 23.3 Å². The summed E-state index contributed by atoms with van der Waals surface area (Å²) >= 11 is 0. The average molecular weight is 373 g/mol. The summed E-state index contributed by atoms with van der Waals surface area (Å²) in [5, 5.41) is 2.80. The van der Waals surface area contributed by atoms with Crippen molar-refractivity contribution < 1.29 is 14.3 Å². The van der Waals surface area contributed by atoms with Crippen LogP contribution in [0.4, 0.5) is 11.4 Å². The lowest BCUT2D eigenvalue weighted by atomic mass is 10.1. The summed E-state index contributed by atoms with van der Waals surface area (Å²) in [5.41, 5.74) is 2.97. The zero-order chi connectivity index (χ0) is 19.5. The van der Waals surface area contributed by atoms with Gasteiger partial charge in [-0.25, -0.2) is 0 Å². The van der Waals surface area contributed by atoms with Crippen molar-refractivity contribution in [2.45, 2.75) is 13.3 Å². The molecule has 0 radical (unpaired) electrons. The number of hydrogen-bond acceptors (Lipinski definition) is 4. The molecule has 2 aromatic carbocycles. The Bertz CT molecular complexity index is 1030. The molecule has 0 bridgehead atoms. The molecule has 28 heavy (non-hydrogen) atoms. The summed E-state index contributed by atoms with van der Waals surface area (Å²) in [4.78, 5) is 30.0. The number of para-hydroxylation sites is 1. The van der Waals surface area contributed by atoms with Crippen molar-refractivity contribution in [3.8, 4) is 11.5 Å². The molecule has 1 aromatic heterocycles. The van der Waals surface area contributed by atoms with Crippen LogP contribution in [0.2, 0.25) is 0 Å². The fourth-order valence-electron chi connectivity index (χ4n) is 3.22. The van der Waals surface area contributed by atoms with Gasteiger partial charge in [0.25, 0.3) is 5.91 Å². The Hall–Kier alpha value is -3.67. The van der Waals surface area contributed by atoms with Crippen molar-refractivity contribution in [1.82, 2.24) is 4.98 Å². The second kappa shape index (κ2) is 7.52. The highest BCUT2D eigenvalue weighted by Crippen LogP contribution is 2.33. The first kappa shape index (κ1) is 17.7. The Morgan fingerprint density at radius 3 is 2.61 bits per heavy atom. The van der Waals surface area contributed by atoms with E-state index in [0.29, 0.717) is 23.7 Å². The molecule has 0 saturated heterocycles. The third kappa shape index (κ3) is 3.71. The summed E-state index contributed by atoms with van der Waals surface area (Å²) in [5.74, 6) is 0.915. The molecule has 0 fully saturated rings. The van der Waals surface area contributed by atoms with Crippen LogP contribution in [0, 0.1) is 0 Å². The van der Waals surface area contributed by atoms with Crippen LogP contribution in [0.5, 0.6) is 11.5 Å². The van der Waals surface area contributed by atoms with Crippen molar-refractivity contribution in [1.29, 1.82) is 0 Å². The molecule has 0 saturated carbocycles. The zero-order valence-electron chi connectivity index (χ0n) is 15.4. The summed E-state index contributed by atoms with van der Waals surface area (Å²) in [7, 11) is 0. The van der Waals surface area contributed by atoms with Crippen LogP contribution in [0.15, 0.2) is 66.9 Å². The van der Waals surface area contributed by atoms with Crippen LogP contribution in [0.1, 0.15) is 23.0 Å². The predicted octanol–water partition coefficient (Wildman–Crippen LogP) is 4.04. The monoisotopic (exact) mass is 373 g/mol.